The van der Waals surface area contributed by atoms with Crippen LogP contribution in [-0.4, -0.2) is 56.7 Å². The number of aromatic nitrogens is 2. The molecule has 1 saturated carbocycles. The maximum absolute atomic E-state index is 13.0. The summed E-state index contributed by atoms with van der Waals surface area (Å²) in [5.74, 6) is 0.0997. The fraction of sp³-hybridized carbons (Fsp3) is 0.333. The molecule has 164 valence electrons. The molecule has 2 aliphatic rings. The van der Waals surface area contributed by atoms with Crippen LogP contribution in [0.15, 0.2) is 48.5 Å². The van der Waals surface area contributed by atoms with Gasteiger partial charge in [0.2, 0.25) is 5.91 Å². The van der Waals surface area contributed by atoms with Crippen LogP contribution in [0.25, 0.3) is 22.4 Å². The van der Waals surface area contributed by atoms with Crippen LogP contribution in [0.3, 0.4) is 0 Å². The van der Waals surface area contributed by atoms with Crippen LogP contribution in [0.2, 0.25) is 0 Å². The van der Waals surface area contributed by atoms with E-state index in [1.165, 1.54) is 4.90 Å². The number of anilines is 1. The highest BCUT2D eigenvalue weighted by Crippen LogP contribution is 2.39. The van der Waals surface area contributed by atoms with E-state index in [2.05, 4.69) is 15.3 Å². The number of rotatable bonds is 4. The van der Waals surface area contributed by atoms with Gasteiger partial charge in [0.15, 0.2) is 0 Å². The summed E-state index contributed by atoms with van der Waals surface area (Å²) in [4.78, 5) is 48.8. The molecule has 4 amide bonds. The number of aromatic amines is 1. The Balaban J connectivity index is 1.26. The van der Waals surface area contributed by atoms with E-state index in [-0.39, 0.29) is 12.5 Å². The summed E-state index contributed by atoms with van der Waals surface area (Å²) in [7, 11) is 1.67. The van der Waals surface area contributed by atoms with Crippen molar-refractivity contribution < 1.29 is 14.4 Å². The largest absolute Gasteiger partial charge is 0.338 e. The number of likely N-dealkylation sites (N-methyl/N-ethyl adjacent to an activating group) is 1. The molecule has 1 aliphatic carbocycles. The number of H-pyrrole nitrogens is 1. The second-order valence-electron chi connectivity index (χ2n) is 8.55. The smallest absolute Gasteiger partial charge is 0.327 e. The zero-order chi connectivity index (χ0) is 22.3. The lowest BCUT2D eigenvalue weighted by Crippen LogP contribution is -2.49. The molecule has 32 heavy (non-hydrogen) atoms. The first kappa shape index (κ1) is 20.2. The van der Waals surface area contributed by atoms with Gasteiger partial charge in [-0.1, -0.05) is 31.4 Å². The predicted molar refractivity (Wildman–Crippen MR) is 121 cm³/mol. The number of carbonyl (C=O) groups excluding carboxylic acids is 3. The van der Waals surface area contributed by atoms with Crippen LogP contribution in [0.5, 0.6) is 0 Å². The van der Waals surface area contributed by atoms with Crippen molar-refractivity contribution in [3.05, 3.63) is 48.5 Å². The van der Waals surface area contributed by atoms with E-state index in [1.807, 2.05) is 36.4 Å². The number of benzene rings is 2. The monoisotopic (exact) mass is 431 g/mol. The quantitative estimate of drug-likeness (QED) is 0.615. The van der Waals surface area contributed by atoms with Gasteiger partial charge < -0.3 is 15.2 Å². The summed E-state index contributed by atoms with van der Waals surface area (Å²) in [6.45, 7) is -0.283. The molecule has 8 heteroatoms. The minimum Gasteiger partial charge on any atom is -0.338 e. The van der Waals surface area contributed by atoms with Gasteiger partial charge in [0.25, 0.3) is 5.91 Å². The van der Waals surface area contributed by atoms with Crippen LogP contribution in [-0.2, 0) is 9.59 Å². The third-order valence-electron chi connectivity index (χ3n) is 6.62. The first-order chi connectivity index (χ1) is 15.5. The van der Waals surface area contributed by atoms with Crippen molar-refractivity contribution in [3.63, 3.8) is 0 Å². The first-order valence-electron chi connectivity index (χ1n) is 10.9. The highest BCUT2D eigenvalue weighted by Gasteiger charge is 2.55. The van der Waals surface area contributed by atoms with Crippen molar-refractivity contribution in [2.75, 3.05) is 18.9 Å². The van der Waals surface area contributed by atoms with Crippen LogP contribution in [0, 0.1) is 0 Å². The van der Waals surface area contributed by atoms with Crippen molar-refractivity contribution in [1.82, 2.24) is 19.8 Å². The van der Waals surface area contributed by atoms with E-state index in [9.17, 15) is 14.4 Å². The Morgan fingerprint density at radius 3 is 2.50 bits per heavy atom. The lowest BCUT2D eigenvalue weighted by atomic mass is 9.81. The fourth-order valence-electron chi connectivity index (χ4n) is 4.82. The van der Waals surface area contributed by atoms with Gasteiger partial charge in [0, 0.05) is 18.3 Å². The summed E-state index contributed by atoms with van der Waals surface area (Å²) in [5.41, 5.74) is 2.56. The van der Waals surface area contributed by atoms with E-state index in [0.717, 1.165) is 46.6 Å². The molecule has 5 rings (SSSR count). The average molecular weight is 431 g/mol. The minimum absolute atomic E-state index is 0.250. The summed E-state index contributed by atoms with van der Waals surface area (Å²) in [6.07, 6.45) is 4.23. The number of hydrogen-bond acceptors (Lipinski definition) is 4. The molecule has 1 aromatic heterocycles. The SMILES string of the molecule is CN1C(=O)N(CC(=O)Nc2ccc(-c3nc4ccccc4[nH]3)cc2)C(=O)C12CCCCC2. The Hall–Kier alpha value is -3.68. The molecular formula is C24H25N5O3. The topological polar surface area (TPSA) is 98.4 Å². The maximum Gasteiger partial charge on any atom is 0.327 e. The summed E-state index contributed by atoms with van der Waals surface area (Å²) < 4.78 is 0. The molecule has 1 aliphatic heterocycles. The molecule has 2 aromatic carbocycles. The van der Waals surface area contributed by atoms with Crippen molar-refractivity contribution >= 4 is 34.6 Å². The standard InChI is InChI=1S/C24H25N5O3/c1-28-23(32)29(22(31)24(28)13-5-2-6-14-24)15-20(30)25-17-11-9-16(10-12-17)21-26-18-7-3-4-8-19(18)27-21/h3-4,7-12H,2,5-6,13-15H2,1H3,(H,25,30)(H,26,27). The van der Waals surface area contributed by atoms with Crippen molar-refractivity contribution in [3.8, 4) is 11.4 Å². The third kappa shape index (κ3) is 3.32. The molecule has 0 unspecified atom stereocenters. The van der Waals surface area contributed by atoms with Gasteiger partial charge in [-0.2, -0.15) is 0 Å². The molecule has 0 bridgehead atoms. The number of para-hydroxylation sites is 2. The number of imidazole rings is 1. The lowest BCUT2D eigenvalue weighted by Gasteiger charge is -2.35. The maximum atomic E-state index is 13.0. The highest BCUT2D eigenvalue weighted by molar-refractivity contribution is 6.10. The normalized spacial score (nSPS) is 18.0. The van der Waals surface area contributed by atoms with Gasteiger partial charge in [-0.3, -0.25) is 14.5 Å². The summed E-state index contributed by atoms with van der Waals surface area (Å²) >= 11 is 0. The Kier molecular flexibility index (Phi) is 4.92. The van der Waals surface area contributed by atoms with Gasteiger partial charge in [0.1, 0.15) is 17.9 Å². The molecule has 2 N–H and O–H groups in total. The van der Waals surface area contributed by atoms with E-state index in [4.69, 9.17) is 0 Å². The predicted octanol–water partition coefficient (Wildman–Crippen LogP) is 3.77. The van der Waals surface area contributed by atoms with E-state index >= 15 is 0 Å². The van der Waals surface area contributed by atoms with Crippen molar-refractivity contribution in [2.45, 2.75) is 37.6 Å². The number of fused-ring (bicyclic) bond motifs is 1. The van der Waals surface area contributed by atoms with E-state index in [1.54, 1.807) is 19.2 Å². The Bertz CT molecular complexity index is 1160. The molecule has 2 heterocycles. The van der Waals surface area contributed by atoms with Gasteiger partial charge in [-0.25, -0.2) is 9.78 Å². The number of hydrogen-bond donors (Lipinski definition) is 2. The minimum atomic E-state index is -0.774. The van der Waals surface area contributed by atoms with Crippen molar-refractivity contribution in [1.29, 1.82) is 0 Å². The molecule has 8 nitrogen and oxygen atoms in total. The molecule has 2 fully saturated rings. The van der Waals surface area contributed by atoms with Crippen molar-refractivity contribution in [2.24, 2.45) is 0 Å². The second-order valence-corrected chi connectivity index (χ2v) is 8.55. The van der Waals surface area contributed by atoms with Gasteiger partial charge in [-0.15, -0.1) is 0 Å². The van der Waals surface area contributed by atoms with E-state index < -0.39 is 17.5 Å². The molecule has 0 atom stereocenters. The zero-order valence-corrected chi connectivity index (χ0v) is 17.9. The Labute approximate surface area is 185 Å². The molecular weight excluding hydrogens is 406 g/mol. The van der Waals surface area contributed by atoms with Gasteiger partial charge in [-0.05, 0) is 49.2 Å². The fourth-order valence-corrected chi connectivity index (χ4v) is 4.82. The number of amides is 4. The lowest BCUT2D eigenvalue weighted by molar-refractivity contribution is -0.136. The third-order valence-corrected chi connectivity index (χ3v) is 6.62. The second kappa shape index (κ2) is 7.78. The summed E-state index contributed by atoms with van der Waals surface area (Å²) in [6, 6.07) is 14.7. The summed E-state index contributed by atoms with van der Waals surface area (Å²) in [5, 5.41) is 2.79. The Morgan fingerprint density at radius 1 is 1.06 bits per heavy atom. The molecule has 1 saturated heterocycles. The van der Waals surface area contributed by atoms with Crippen LogP contribution >= 0.6 is 0 Å². The highest BCUT2D eigenvalue weighted by atomic mass is 16.2. The number of urea groups is 1. The molecule has 0 radical (unpaired) electrons. The van der Waals surface area contributed by atoms with Crippen LogP contribution < -0.4 is 5.32 Å². The van der Waals surface area contributed by atoms with Crippen LogP contribution in [0.4, 0.5) is 10.5 Å². The number of imide groups is 1. The number of nitrogens with one attached hydrogen (secondary N) is 2. The zero-order valence-electron chi connectivity index (χ0n) is 17.9. The number of carbonyl (C=O) groups is 3. The van der Waals surface area contributed by atoms with Gasteiger partial charge in [0.05, 0.1) is 11.0 Å². The number of nitrogens with zero attached hydrogens (tertiary/aromatic N) is 3. The molecule has 1 spiro atoms. The molecule has 3 aromatic rings. The Morgan fingerprint density at radius 2 is 1.78 bits per heavy atom. The van der Waals surface area contributed by atoms with E-state index in [0.29, 0.717) is 18.5 Å². The van der Waals surface area contributed by atoms with Crippen LogP contribution in [0.1, 0.15) is 32.1 Å². The average Bonchev–Trinajstić information content (AvgIpc) is 3.32. The van der Waals surface area contributed by atoms with Gasteiger partial charge >= 0.3 is 6.03 Å². The first-order valence-corrected chi connectivity index (χ1v) is 10.9.